The zero-order chi connectivity index (χ0) is 11.3. The van der Waals surface area contributed by atoms with Crippen molar-refractivity contribution in [2.45, 2.75) is 27.2 Å². The number of nitrogens with zero attached hydrogens (tertiary/aromatic N) is 1. The predicted octanol–water partition coefficient (Wildman–Crippen LogP) is 3.13. The highest BCUT2D eigenvalue weighted by Gasteiger charge is 2.06. The van der Waals surface area contributed by atoms with Gasteiger partial charge in [-0.2, -0.15) is 0 Å². The van der Waals surface area contributed by atoms with E-state index < -0.39 is 0 Å². The molecular formula is C13H19NO. The van der Waals surface area contributed by atoms with E-state index in [0.29, 0.717) is 6.42 Å². The summed E-state index contributed by atoms with van der Waals surface area (Å²) in [4.78, 5) is 13.8. The number of rotatable bonds is 5. The minimum Gasteiger partial charge on any atom is -0.372 e. The van der Waals surface area contributed by atoms with Gasteiger partial charge in [0.1, 0.15) is 0 Å². The van der Waals surface area contributed by atoms with Gasteiger partial charge in [-0.25, -0.2) is 0 Å². The molecule has 0 saturated heterocycles. The highest BCUT2D eigenvalue weighted by molar-refractivity contribution is 5.96. The lowest BCUT2D eigenvalue weighted by Crippen LogP contribution is -2.21. The number of benzene rings is 1. The molecule has 0 heterocycles. The van der Waals surface area contributed by atoms with Gasteiger partial charge in [-0.1, -0.05) is 19.1 Å². The maximum absolute atomic E-state index is 11.5. The van der Waals surface area contributed by atoms with Gasteiger partial charge in [0.15, 0.2) is 5.78 Å². The number of Topliss-reactive ketones (excluding diaryl/α,β-unsaturated/α-hetero) is 1. The van der Waals surface area contributed by atoms with E-state index in [1.165, 1.54) is 0 Å². The Balaban J connectivity index is 2.96. The van der Waals surface area contributed by atoms with Crippen molar-refractivity contribution < 1.29 is 4.79 Å². The van der Waals surface area contributed by atoms with Gasteiger partial charge in [0, 0.05) is 30.8 Å². The number of anilines is 1. The Morgan fingerprint density at radius 3 is 2.40 bits per heavy atom. The van der Waals surface area contributed by atoms with Crippen LogP contribution >= 0.6 is 0 Å². The van der Waals surface area contributed by atoms with Crippen molar-refractivity contribution in [3.05, 3.63) is 29.8 Å². The van der Waals surface area contributed by atoms with Gasteiger partial charge < -0.3 is 4.90 Å². The van der Waals surface area contributed by atoms with Crippen LogP contribution in [0.25, 0.3) is 0 Å². The van der Waals surface area contributed by atoms with Crippen LogP contribution < -0.4 is 4.90 Å². The van der Waals surface area contributed by atoms with Crippen molar-refractivity contribution >= 4 is 11.5 Å². The van der Waals surface area contributed by atoms with Crippen LogP contribution in [0.2, 0.25) is 0 Å². The quantitative estimate of drug-likeness (QED) is 0.688. The maximum Gasteiger partial charge on any atom is 0.162 e. The first-order valence-corrected chi connectivity index (χ1v) is 5.61. The summed E-state index contributed by atoms with van der Waals surface area (Å²) in [5.74, 6) is 0.212. The molecule has 0 amide bonds. The second-order valence-electron chi connectivity index (χ2n) is 3.50. The van der Waals surface area contributed by atoms with Crippen molar-refractivity contribution in [1.82, 2.24) is 0 Å². The van der Waals surface area contributed by atoms with E-state index in [-0.39, 0.29) is 5.78 Å². The fraction of sp³-hybridized carbons (Fsp3) is 0.462. The largest absolute Gasteiger partial charge is 0.372 e. The third kappa shape index (κ3) is 2.82. The minimum absolute atomic E-state index is 0.212. The SMILES string of the molecule is CCC(=O)c1cccc(N(CC)CC)c1. The Bertz CT molecular complexity index is 329. The van der Waals surface area contributed by atoms with Crippen LogP contribution in [0.1, 0.15) is 37.6 Å². The van der Waals surface area contributed by atoms with Crippen LogP contribution in [0, 0.1) is 0 Å². The Morgan fingerprint density at radius 1 is 1.20 bits per heavy atom. The molecule has 2 heteroatoms. The number of hydrogen-bond donors (Lipinski definition) is 0. The number of carbonyl (C=O) groups excluding carboxylic acids is 1. The Hall–Kier alpha value is -1.31. The standard InChI is InChI=1S/C13H19NO/c1-4-13(15)11-8-7-9-12(10-11)14(5-2)6-3/h7-10H,4-6H2,1-3H3. The predicted molar refractivity (Wildman–Crippen MR) is 64.6 cm³/mol. The van der Waals surface area contributed by atoms with Crippen molar-refractivity contribution in [1.29, 1.82) is 0 Å². The Labute approximate surface area is 91.9 Å². The fourth-order valence-corrected chi connectivity index (χ4v) is 1.67. The molecule has 2 nitrogen and oxygen atoms in total. The normalized spacial score (nSPS) is 10.1. The summed E-state index contributed by atoms with van der Waals surface area (Å²) in [7, 11) is 0. The third-order valence-electron chi connectivity index (χ3n) is 2.62. The summed E-state index contributed by atoms with van der Waals surface area (Å²) < 4.78 is 0. The van der Waals surface area contributed by atoms with Crippen LogP contribution in [0.4, 0.5) is 5.69 Å². The zero-order valence-corrected chi connectivity index (χ0v) is 9.79. The monoisotopic (exact) mass is 205 g/mol. The Morgan fingerprint density at radius 2 is 1.87 bits per heavy atom. The summed E-state index contributed by atoms with van der Waals surface area (Å²) >= 11 is 0. The van der Waals surface area contributed by atoms with E-state index in [9.17, 15) is 4.79 Å². The Kier molecular flexibility index (Phi) is 4.35. The fourth-order valence-electron chi connectivity index (χ4n) is 1.67. The minimum atomic E-state index is 0.212. The molecule has 0 fully saturated rings. The van der Waals surface area contributed by atoms with Crippen molar-refractivity contribution in [2.75, 3.05) is 18.0 Å². The summed E-state index contributed by atoms with van der Waals surface area (Å²) in [5.41, 5.74) is 1.96. The van der Waals surface area contributed by atoms with Gasteiger partial charge in [0.2, 0.25) is 0 Å². The smallest absolute Gasteiger partial charge is 0.162 e. The van der Waals surface area contributed by atoms with Crippen LogP contribution in [-0.2, 0) is 0 Å². The zero-order valence-electron chi connectivity index (χ0n) is 9.79. The van der Waals surface area contributed by atoms with Gasteiger partial charge in [-0.3, -0.25) is 4.79 Å². The van der Waals surface area contributed by atoms with Crippen LogP contribution in [0.3, 0.4) is 0 Å². The average molecular weight is 205 g/mol. The van der Waals surface area contributed by atoms with Crippen LogP contribution in [0.15, 0.2) is 24.3 Å². The topological polar surface area (TPSA) is 20.3 Å². The highest BCUT2D eigenvalue weighted by atomic mass is 16.1. The highest BCUT2D eigenvalue weighted by Crippen LogP contribution is 2.16. The lowest BCUT2D eigenvalue weighted by Gasteiger charge is -2.21. The van der Waals surface area contributed by atoms with Crippen molar-refractivity contribution in [2.24, 2.45) is 0 Å². The molecule has 0 aliphatic carbocycles. The molecule has 0 radical (unpaired) electrons. The lowest BCUT2D eigenvalue weighted by atomic mass is 10.1. The molecule has 0 aromatic heterocycles. The molecule has 0 bridgehead atoms. The van der Waals surface area contributed by atoms with E-state index in [2.05, 4.69) is 24.8 Å². The number of hydrogen-bond acceptors (Lipinski definition) is 2. The first-order valence-electron chi connectivity index (χ1n) is 5.61. The van der Waals surface area contributed by atoms with E-state index in [0.717, 1.165) is 24.3 Å². The molecule has 1 aromatic carbocycles. The second kappa shape index (κ2) is 5.54. The van der Waals surface area contributed by atoms with Gasteiger partial charge in [0.05, 0.1) is 0 Å². The van der Waals surface area contributed by atoms with Gasteiger partial charge in [0.25, 0.3) is 0 Å². The maximum atomic E-state index is 11.5. The van der Waals surface area contributed by atoms with E-state index in [4.69, 9.17) is 0 Å². The van der Waals surface area contributed by atoms with Crippen molar-refractivity contribution in [3.8, 4) is 0 Å². The molecule has 1 aromatic rings. The van der Waals surface area contributed by atoms with E-state index >= 15 is 0 Å². The molecule has 0 aliphatic heterocycles. The second-order valence-corrected chi connectivity index (χ2v) is 3.50. The summed E-state index contributed by atoms with van der Waals surface area (Å²) in [6.07, 6.45) is 0.571. The molecule has 15 heavy (non-hydrogen) atoms. The van der Waals surface area contributed by atoms with Crippen LogP contribution in [-0.4, -0.2) is 18.9 Å². The molecule has 0 N–H and O–H groups in total. The van der Waals surface area contributed by atoms with Crippen LogP contribution in [0.5, 0.6) is 0 Å². The molecule has 0 saturated carbocycles. The van der Waals surface area contributed by atoms with Gasteiger partial charge in [-0.15, -0.1) is 0 Å². The third-order valence-corrected chi connectivity index (χ3v) is 2.62. The molecule has 0 aliphatic rings. The van der Waals surface area contributed by atoms with Gasteiger partial charge in [-0.05, 0) is 26.0 Å². The van der Waals surface area contributed by atoms with E-state index in [1.54, 1.807) is 0 Å². The molecule has 0 atom stereocenters. The lowest BCUT2D eigenvalue weighted by molar-refractivity contribution is 0.0988. The summed E-state index contributed by atoms with van der Waals surface area (Å²) in [6, 6.07) is 7.88. The first kappa shape index (κ1) is 11.8. The summed E-state index contributed by atoms with van der Waals surface area (Å²) in [6.45, 7) is 8.09. The number of carbonyl (C=O) groups is 1. The van der Waals surface area contributed by atoms with E-state index in [1.807, 2.05) is 25.1 Å². The average Bonchev–Trinajstić information content (AvgIpc) is 2.30. The number of ketones is 1. The van der Waals surface area contributed by atoms with Gasteiger partial charge >= 0.3 is 0 Å². The molecule has 1 rings (SSSR count). The molecule has 82 valence electrons. The summed E-state index contributed by atoms with van der Waals surface area (Å²) in [5, 5.41) is 0. The molecular weight excluding hydrogens is 186 g/mol. The van der Waals surface area contributed by atoms with Crippen molar-refractivity contribution in [3.63, 3.8) is 0 Å². The molecule has 0 spiro atoms. The first-order chi connectivity index (χ1) is 7.22. The molecule has 0 unspecified atom stereocenters.